The number of hydrogen-bond acceptors (Lipinski definition) is 6. The third kappa shape index (κ3) is 7.65. The van der Waals surface area contributed by atoms with Gasteiger partial charge in [-0.3, -0.25) is 13.9 Å². The van der Waals surface area contributed by atoms with Crippen molar-refractivity contribution >= 4 is 27.5 Å². The Kier molecular flexibility index (Phi) is 9.72. The smallest absolute Gasteiger partial charge is 0.244 e. The van der Waals surface area contributed by atoms with Crippen LogP contribution in [-0.4, -0.2) is 69.8 Å². The van der Waals surface area contributed by atoms with Gasteiger partial charge in [0, 0.05) is 18.7 Å². The lowest BCUT2D eigenvalue weighted by Crippen LogP contribution is -2.54. The molecule has 2 aliphatic rings. The molecule has 0 spiro atoms. The summed E-state index contributed by atoms with van der Waals surface area (Å²) in [5.41, 5.74) is 1.34. The summed E-state index contributed by atoms with van der Waals surface area (Å²) >= 11 is 0. The van der Waals surface area contributed by atoms with Crippen LogP contribution < -0.4 is 19.1 Å². The van der Waals surface area contributed by atoms with E-state index in [1.807, 2.05) is 37.3 Å². The molecule has 0 radical (unpaired) electrons. The van der Waals surface area contributed by atoms with Crippen molar-refractivity contribution < 1.29 is 27.5 Å². The number of carbonyl (C=O) groups excluding carboxylic acids is 2. The number of nitrogens with zero attached hydrogens (tertiary/aromatic N) is 2. The molecule has 1 saturated carbocycles. The highest BCUT2D eigenvalue weighted by atomic mass is 32.2. The summed E-state index contributed by atoms with van der Waals surface area (Å²) < 4.78 is 38.0. The summed E-state index contributed by atoms with van der Waals surface area (Å²) in [6.45, 7) is 2.51. The zero-order valence-electron chi connectivity index (χ0n) is 22.8. The number of hydrogen-bond donors (Lipinski definition) is 1. The summed E-state index contributed by atoms with van der Waals surface area (Å²) in [6, 6.07) is 14.0. The van der Waals surface area contributed by atoms with Gasteiger partial charge in [-0.1, -0.05) is 56.5 Å². The molecule has 2 aromatic rings. The minimum absolute atomic E-state index is 0.108. The highest BCUT2D eigenvalue weighted by Crippen LogP contribution is 2.34. The van der Waals surface area contributed by atoms with E-state index in [2.05, 4.69) is 5.32 Å². The number of ether oxygens (including phenoxy) is 2. The molecule has 2 aromatic carbocycles. The monoisotopic (exact) mass is 557 g/mol. The fourth-order valence-electron chi connectivity index (χ4n) is 5.24. The third-order valence-electron chi connectivity index (χ3n) is 7.31. The number of rotatable bonds is 11. The van der Waals surface area contributed by atoms with Gasteiger partial charge in [0.1, 0.15) is 25.8 Å². The SMILES string of the molecule is CC[C@@H](C(=O)NC1CCCCC1)N(CCc1ccccc1)C(=O)CN(c1ccc2c(c1)OCCO2)S(C)(=O)=O. The fourth-order valence-corrected chi connectivity index (χ4v) is 6.08. The predicted octanol–water partition coefficient (Wildman–Crippen LogP) is 3.52. The summed E-state index contributed by atoms with van der Waals surface area (Å²) in [5.74, 6) is 0.340. The molecule has 1 aliphatic heterocycles. The maximum atomic E-state index is 13.9. The van der Waals surface area contributed by atoms with Crippen molar-refractivity contribution in [2.45, 2.75) is 64.0 Å². The first-order chi connectivity index (χ1) is 18.8. The Hall–Kier alpha value is -3.27. The molecule has 1 aliphatic carbocycles. The van der Waals surface area contributed by atoms with Crippen LogP contribution in [0.4, 0.5) is 5.69 Å². The summed E-state index contributed by atoms with van der Waals surface area (Å²) in [4.78, 5) is 28.9. The lowest BCUT2D eigenvalue weighted by atomic mass is 9.95. The molecule has 1 fully saturated rings. The van der Waals surface area contributed by atoms with Crippen molar-refractivity contribution in [1.82, 2.24) is 10.2 Å². The Bertz CT molecular complexity index is 1230. The normalized spacial score (nSPS) is 16.3. The molecule has 10 heteroatoms. The van der Waals surface area contributed by atoms with Gasteiger partial charge in [-0.15, -0.1) is 0 Å². The number of nitrogens with one attached hydrogen (secondary N) is 1. The van der Waals surface area contributed by atoms with Gasteiger partial charge in [-0.25, -0.2) is 8.42 Å². The zero-order chi connectivity index (χ0) is 27.8. The zero-order valence-corrected chi connectivity index (χ0v) is 23.6. The first kappa shape index (κ1) is 28.7. The summed E-state index contributed by atoms with van der Waals surface area (Å²) in [7, 11) is -3.83. The number of fused-ring (bicyclic) bond motifs is 1. The number of carbonyl (C=O) groups is 2. The number of sulfonamides is 1. The highest BCUT2D eigenvalue weighted by Gasteiger charge is 2.33. The van der Waals surface area contributed by atoms with Crippen molar-refractivity contribution in [2.75, 3.05) is 36.9 Å². The highest BCUT2D eigenvalue weighted by molar-refractivity contribution is 7.92. The van der Waals surface area contributed by atoms with Gasteiger partial charge in [-0.2, -0.15) is 0 Å². The van der Waals surface area contributed by atoms with E-state index >= 15 is 0 Å². The maximum absolute atomic E-state index is 13.9. The predicted molar refractivity (Wildman–Crippen MR) is 151 cm³/mol. The van der Waals surface area contributed by atoms with Crippen molar-refractivity contribution in [3.05, 3.63) is 54.1 Å². The number of amides is 2. The van der Waals surface area contributed by atoms with Gasteiger partial charge in [0.2, 0.25) is 21.8 Å². The molecule has 2 amide bonds. The average Bonchev–Trinajstić information content (AvgIpc) is 2.94. The largest absolute Gasteiger partial charge is 0.486 e. The molecule has 1 N–H and O–H groups in total. The van der Waals surface area contributed by atoms with Gasteiger partial charge in [0.15, 0.2) is 11.5 Å². The van der Waals surface area contributed by atoms with E-state index < -0.39 is 28.5 Å². The molecule has 1 heterocycles. The first-order valence-corrected chi connectivity index (χ1v) is 15.6. The topological polar surface area (TPSA) is 105 Å². The van der Waals surface area contributed by atoms with Crippen LogP contribution in [0.15, 0.2) is 48.5 Å². The van der Waals surface area contributed by atoms with E-state index in [1.165, 1.54) is 6.42 Å². The minimum Gasteiger partial charge on any atom is -0.486 e. The van der Waals surface area contributed by atoms with Gasteiger partial charge in [0.05, 0.1) is 11.9 Å². The fraction of sp³-hybridized carbons (Fsp3) is 0.517. The molecule has 0 bridgehead atoms. The molecule has 0 saturated heterocycles. The van der Waals surface area contributed by atoms with Crippen LogP contribution in [0.1, 0.15) is 51.0 Å². The molecule has 1 atom stereocenters. The Morgan fingerprint density at radius 2 is 1.69 bits per heavy atom. The average molecular weight is 558 g/mol. The lowest BCUT2D eigenvalue weighted by molar-refractivity contribution is -0.140. The summed E-state index contributed by atoms with van der Waals surface area (Å²) in [5, 5.41) is 3.16. The molecule has 212 valence electrons. The van der Waals surface area contributed by atoms with E-state index in [4.69, 9.17) is 9.47 Å². The second kappa shape index (κ2) is 13.2. The standard InChI is InChI=1S/C29H39N3O6S/c1-3-25(29(34)30-23-12-8-5-9-13-23)31(17-16-22-10-6-4-7-11-22)28(33)21-32(39(2,35)36)24-14-15-26-27(20-24)38-19-18-37-26/h4,6-7,10-11,14-15,20,23,25H,3,5,8-9,12-13,16-19,21H2,1-2H3,(H,30,34)/t25-/m0/s1. The van der Waals surface area contributed by atoms with E-state index in [0.29, 0.717) is 43.2 Å². The number of anilines is 1. The van der Waals surface area contributed by atoms with Gasteiger partial charge >= 0.3 is 0 Å². The van der Waals surface area contributed by atoms with Gasteiger partial charge in [-0.05, 0) is 43.4 Å². The van der Waals surface area contributed by atoms with Gasteiger partial charge < -0.3 is 19.7 Å². The van der Waals surface area contributed by atoms with E-state index in [-0.39, 0.29) is 18.5 Å². The maximum Gasteiger partial charge on any atom is 0.244 e. The quantitative estimate of drug-likeness (QED) is 0.453. The second-order valence-electron chi connectivity index (χ2n) is 10.2. The molecular formula is C29H39N3O6S. The Labute approximate surface area is 231 Å². The Morgan fingerprint density at radius 1 is 1.00 bits per heavy atom. The van der Waals surface area contributed by atoms with Crippen LogP contribution in [0.25, 0.3) is 0 Å². The van der Waals surface area contributed by atoms with E-state index in [9.17, 15) is 18.0 Å². The summed E-state index contributed by atoms with van der Waals surface area (Å²) in [6.07, 6.45) is 7.24. The Morgan fingerprint density at radius 3 is 2.36 bits per heavy atom. The van der Waals surface area contributed by atoms with Gasteiger partial charge in [0.25, 0.3) is 0 Å². The van der Waals surface area contributed by atoms with Crippen molar-refractivity contribution in [3.8, 4) is 11.5 Å². The first-order valence-electron chi connectivity index (χ1n) is 13.8. The lowest BCUT2D eigenvalue weighted by Gasteiger charge is -2.34. The Balaban J connectivity index is 1.58. The molecular weight excluding hydrogens is 518 g/mol. The van der Waals surface area contributed by atoms with Crippen LogP contribution in [0.2, 0.25) is 0 Å². The van der Waals surface area contributed by atoms with Crippen molar-refractivity contribution in [3.63, 3.8) is 0 Å². The molecule has 0 unspecified atom stereocenters. The second-order valence-corrected chi connectivity index (χ2v) is 12.1. The number of benzene rings is 2. The van der Waals surface area contributed by atoms with E-state index in [1.54, 1.807) is 23.1 Å². The van der Waals surface area contributed by atoms with Crippen LogP contribution in [0, 0.1) is 0 Å². The third-order valence-corrected chi connectivity index (χ3v) is 8.46. The molecule has 9 nitrogen and oxygen atoms in total. The van der Waals surface area contributed by atoms with Crippen LogP contribution in [-0.2, 0) is 26.0 Å². The van der Waals surface area contributed by atoms with Crippen LogP contribution in [0.3, 0.4) is 0 Å². The van der Waals surface area contributed by atoms with E-state index in [0.717, 1.165) is 41.8 Å². The minimum atomic E-state index is -3.83. The van der Waals surface area contributed by atoms with Crippen molar-refractivity contribution in [2.24, 2.45) is 0 Å². The molecule has 0 aromatic heterocycles. The van der Waals surface area contributed by atoms with Crippen LogP contribution in [0.5, 0.6) is 11.5 Å². The van der Waals surface area contributed by atoms with Crippen molar-refractivity contribution in [1.29, 1.82) is 0 Å². The molecule has 4 rings (SSSR count). The van der Waals surface area contributed by atoms with Crippen LogP contribution >= 0.6 is 0 Å². The molecule has 39 heavy (non-hydrogen) atoms.